The van der Waals surface area contributed by atoms with Gasteiger partial charge in [0.25, 0.3) is 0 Å². The Balaban J connectivity index is -0.000000513. The molecule has 0 radical (unpaired) electrons. The molecule has 25 heavy (non-hydrogen) atoms. The SMILES string of the molecule is CCCCC(C)=O.CCCC[N+](CCCC)(CCCC)CCCC.[OH-]. The summed E-state index contributed by atoms with van der Waals surface area (Å²) in [7, 11) is 0. The maximum atomic E-state index is 10.2. The van der Waals surface area contributed by atoms with Crippen molar-refractivity contribution in [2.24, 2.45) is 0 Å². The first-order valence-corrected chi connectivity index (χ1v) is 10.9. The number of nitrogens with zero attached hydrogens (tertiary/aromatic N) is 1. The van der Waals surface area contributed by atoms with Crippen molar-refractivity contribution in [2.45, 2.75) is 112 Å². The van der Waals surface area contributed by atoms with Gasteiger partial charge in [0.05, 0.1) is 26.2 Å². The van der Waals surface area contributed by atoms with Crippen molar-refractivity contribution in [1.29, 1.82) is 0 Å². The number of hydrogen-bond acceptors (Lipinski definition) is 2. The number of Topliss-reactive ketones (excluding diaryl/α,β-unsaturated/α-hetero) is 1. The lowest BCUT2D eigenvalue weighted by Crippen LogP contribution is -2.50. The maximum absolute atomic E-state index is 10.2. The number of hydrogen-bond donors (Lipinski definition) is 0. The Bertz CT molecular complexity index is 229. The van der Waals surface area contributed by atoms with E-state index in [1.54, 1.807) is 6.92 Å². The van der Waals surface area contributed by atoms with Crippen LogP contribution in [0.3, 0.4) is 0 Å². The lowest BCUT2D eigenvalue weighted by molar-refractivity contribution is -0.929. The van der Waals surface area contributed by atoms with Crippen molar-refractivity contribution in [3.63, 3.8) is 0 Å². The number of carbonyl (C=O) groups excluding carboxylic acids is 1. The summed E-state index contributed by atoms with van der Waals surface area (Å²) in [4.78, 5) is 10.2. The fraction of sp³-hybridized carbons (Fsp3) is 0.955. The number of carbonyl (C=O) groups is 1. The molecule has 0 fully saturated rings. The molecule has 0 amide bonds. The summed E-state index contributed by atoms with van der Waals surface area (Å²) in [5.41, 5.74) is 0. The minimum Gasteiger partial charge on any atom is -0.870 e. The van der Waals surface area contributed by atoms with Crippen molar-refractivity contribution in [1.82, 2.24) is 0 Å². The molecular formula is C22H49NO2. The fourth-order valence-electron chi connectivity index (χ4n) is 3.07. The molecule has 0 aromatic carbocycles. The van der Waals surface area contributed by atoms with Gasteiger partial charge in [0, 0.05) is 6.42 Å². The van der Waals surface area contributed by atoms with E-state index in [0.29, 0.717) is 5.78 Å². The van der Waals surface area contributed by atoms with E-state index in [1.165, 1.54) is 82.0 Å². The van der Waals surface area contributed by atoms with E-state index in [-0.39, 0.29) is 5.48 Å². The predicted molar refractivity (Wildman–Crippen MR) is 112 cm³/mol. The molecule has 0 saturated carbocycles. The molecule has 0 bridgehead atoms. The van der Waals surface area contributed by atoms with Crippen molar-refractivity contribution in [3.05, 3.63) is 0 Å². The molecule has 0 atom stereocenters. The van der Waals surface area contributed by atoms with Gasteiger partial charge in [-0.15, -0.1) is 0 Å². The zero-order valence-electron chi connectivity index (χ0n) is 18.4. The molecule has 3 heteroatoms. The van der Waals surface area contributed by atoms with E-state index in [9.17, 15) is 4.79 Å². The Morgan fingerprint density at radius 3 is 1.04 bits per heavy atom. The predicted octanol–water partition coefficient (Wildman–Crippen LogP) is 6.59. The highest BCUT2D eigenvalue weighted by atomic mass is 16.1. The third-order valence-corrected chi connectivity index (χ3v) is 4.83. The summed E-state index contributed by atoms with van der Waals surface area (Å²) >= 11 is 0. The lowest BCUT2D eigenvalue weighted by atomic mass is 10.1. The first-order valence-electron chi connectivity index (χ1n) is 10.9. The van der Waals surface area contributed by atoms with E-state index < -0.39 is 0 Å². The van der Waals surface area contributed by atoms with Gasteiger partial charge < -0.3 is 14.8 Å². The van der Waals surface area contributed by atoms with Crippen molar-refractivity contribution >= 4 is 5.78 Å². The Morgan fingerprint density at radius 2 is 0.880 bits per heavy atom. The average molecular weight is 360 g/mol. The van der Waals surface area contributed by atoms with E-state index in [4.69, 9.17) is 0 Å². The van der Waals surface area contributed by atoms with Crippen molar-refractivity contribution < 1.29 is 14.8 Å². The van der Waals surface area contributed by atoms with Crippen LogP contribution in [-0.4, -0.2) is 41.9 Å². The second-order valence-electron chi connectivity index (χ2n) is 7.46. The Hall–Kier alpha value is -0.410. The molecule has 0 aliphatic heterocycles. The highest BCUT2D eigenvalue weighted by Gasteiger charge is 2.24. The Morgan fingerprint density at radius 1 is 0.600 bits per heavy atom. The largest absolute Gasteiger partial charge is 0.870 e. The van der Waals surface area contributed by atoms with Gasteiger partial charge in [-0.05, 0) is 39.0 Å². The third kappa shape index (κ3) is 19.8. The molecule has 1 N–H and O–H groups in total. The van der Waals surface area contributed by atoms with Gasteiger partial charge in [-0.25, -0.2) is 0 Å². The fourth-order valence-corrected chi connectivity index (χ4v) is 3.07. The van der Waals surface area contributed by atoms with Gasteiger partial charge in [0.15, 0.2) is 0 Å². The standard InChI is InChI=1S/C16H36N.C6H12O.H2O/c1-5-9-13-17(14-10-6-2,15-11-7-3)16-12-8-4;1-3-4-5-6(2)7;/h5-16H2,1-4H3;3-5H2,1-2H3;1H2/q+1;;/p-1. The summed E-state index contributed by atoms with van der Waals surface area (Å²) in [5.74, 6) is 0.307. The molecule has 0 spiro atoms. The van der Waals surface area contributed by atoms with Gasteiger partial charge in [-0.2, -0.15) is 0 Å². The second-order valence-corrected chi connectivity index (χ2v) is 7.46. The molecule has 3 nitrogen and oxygen atoms in total. The number of ketones is 1. The average Bonchev–Trinajstić information content (AvgIpc) is 2.59. The first kappa shape index (κ1) is 29.4. The summed E-state index contributed by atoms with van der Waals surface area (Å²) in [6.45, 7) is 18.7. The molecule has 0 unspecified atom stereocenters. The van der Waals surface area contributed by atoms with Crippen LogP contribution in [-0.2, 0) is 4.79 Å². The maximum Gasteiger partial charge on any atom is 0.129 e. The Labute approximate surface area is 159 Å². The first-order chi connectivity index (χ1) is 11.5. The monoisotopic (exact) mass is 359 g/mol. The quantitative estimate of drug-likeness (QED) is 0.309. The summed E-state index contributed by atoms with van der Waals surface area (Å²) in [5, 5.41) is 0. The number of unbranched alkanes of at least 4 members (excludes halogenated alkanes) is 5. The topological polar surface area (TPSA) is 47.1 Å². The molecule has 0 aromatic rings. The normalized spacial score (nSPS) is 10.6. The Kier molecular flexibility index (Phi) is 25.4. The third-order valence-electron chi connectivity index (χ3n) is 4.83. The van der Waals surface area contributed by atoms with Gasteiger partial charge >= 0.3 is 0 Å². The van der Waals surface area contributed by atoms with Crippen LogP contribution in [0.5, 0.6) is 0 Å². The van der Waals surface area contributed by atoms with Crippen LogP contribution >= 0.6 is 0 Å². The van der Waals surface area contributed by atoms with Gasteiger partial charge in [0.2, 0.25) is 0 Å². The zero-order valence-corrected chi connectivity index (χ0v) is 18.4. The number of rotatable bonds is 15. The van der Waals surface area contributed by atoms with Crippen LogP contribution in [0.4, 0.5) is 0 Å². The van der Waals surface area contributed by atoms with Crippen LogP contribution in [0.25, 0.3) is 0 Å². The van der Waals surface area contributed by atoms with Gasteiger partial charge in [0.1, 0.15) is 5.78 Å². The van der Waals surface area contributed by atoms with E-state index >= 15 is 0 Å². The van der Waals surface area contributed by atoms with E-state index in [2.05, 4.69) is 34.6 Å². The van der Waals surface area contributed by atoms with Gasteiger partial charge in [-0.3, -0.25) is 0 Å². The van der Waals surface area contributed by atoms with Gasteiger partial charge in [-0.1, -0.05) is 66.7 Å². The van der Waals surface area contributed by atoms with Crippen LogP contribution in [0.1, 0.15) is 112 Å². The molecule has 0 aliphatic carbocycles. The van der Waals surface area contributed by atoms with Crippen molar-refractivity contribution in [2.75, 3.05) is 26.2 Å². The molecular weight excluding hydrogens is 310 g/mol. The number of quaternary nitrogens is 1. The highest BCUT2D eigenvalue weighted by molar-refractivity contribution is 5.75. The summed E-state index contributed by atoms with van der Waals surface area (Å²) in [6, 6.07) is 0. The minimum absolute atomic E-state index is 0. The molecule has 0 saturated heterocycles. The van der Waals surface area contributed by atoms with Crippen LogP contribution in [0.15, 0.2) is 0 Å². The smallest absolute Gasteiger partial charge is 0.129 e. The van der Waals surface area contributed by atoms with E-state index in [1.807, 2.05) is 0 Å². The van der Waals surface area contributed by atoms with Crippen LogP contribution in [0.2, 0.25) is 0 Å². The molecule has 0 aliphatic rings. The van der Waals surface area contributed by atoms with Crippen molar-refractivity contribution in [3.8, 4) is 0 Å². The summed E-state index contributed by atoms with van der Waals surface area (Å²) in [6.07, 6.45) is 14.0. The van der Waals surface area contributed by atoms with E-state index in [0.717, 1.165) is 19.3 Å². The molecule has 0 aromatic heterocycles. The second kappa shape index (κ2) is 21.6. The molecule has 154 valence electrons. The summed E-state index contributed by atoms with van der Waals surface area (Å²) < 4.78 is 1.42. The lowest BCUT2D eigenvalue weighted by Gasteiger charge is -2.39. The highest BCUT2D eigenvalue weighted by Crippen LogP contribution is 2.16. The minimum atomic E-state index is 0. The molecule has 0 rings (SSSR count). The molecule has 0 heterocycles. The van der Waals surface area contributed by atoms with Crippen LogP contribution in [0, 0.1) is 0 Å². The van der Waals surface area contributed by atoms with Crippen LogP contribution < -0.4 is 0 Å². The zero-order chi connectivity index (χ0) is 18.7.